The molecule has 2 rings (SSSR count). The first-order valence-electron chi connectivity index (χ1n) is 9.53. The van der Waals surface area contributed by atoms with Gasteiger partial charge >= 0.3 is 0 Å². The Balaban J connectivity index is 1.84. The summed E-state index contributed by atoms with van der Waals surface area (Å²) < 4.78 is 16.3. The van der Waals surface area contributed by atoms with Crippen LogP contribution < -0.4 is 5.32 Å². The number of nitrogens with one attached hydrogen (secondary N) is 1. The minimum Gasteiger partial charge on any atom is -0.390 e. The van der Waals surface area contributed by atoms with Crippen LogP contribution in [0.15, 0.2) is 30.3 Å². The maximum absolute atomic E-state index is 12.5. The standard InChI is InChI=1S/C20H32N2O5/c1-25-14-12-22(13-15-26-2)11-10-17-8-9-18(23)19(27-17)20(24)21-16-6-4-3-5-7-16/h3-7,17-19,23H,8-15H2,1-2H3,(H,21,24)/t17-,18+,19+/m1/s1. The molecule has 2 N–H and O–H groups in total. The number of anilines is 1. The SMILES string of the molecule is COCCN(CCOC)CC[C@H]1CC[C@H](O)[C@@H](C(=O)Nc2ccccc2)O1. The molecule has 152 valence electrons. The van der Waals surface area contributed by atoms with E-state index in [0.29, 0.717) is 25.3 Å². The molecular weight excluding hydrogens is 348 g/mol. The van der Waals surface area contributed by atoms with E-state index in [1.54, 1.807) is 14.2 Å². The number of para-hydroxylation sites is 1. The van der Waals surface area contributed by atoms with Gasteiger partial charge in [0.25, 0.3) is 5.91 Å². The summed E-state index contributed by atoms with van der Waals surface area (Å²) in [4.78, 5) is 14.8. The fourth-order valence-electron chi connectivity index (χ4n) is 3.16. The normalized spacial score (nSPS) is 22.7. The van der Waals surface area contributed by atoms with Crippen LogP contribution >= 0.6 is 0 Å². The number of carbonyl (C=O) groups excluding carboxylic acids is 1. The van der Waals surface area contributed by atoms with Crippen molar-refractivity contribution in [3.8, 4) is 0 Å². The second-order valence-corrected chi connectivity index (χ2v) is 6.79. The Morgan fingerprint density at radius 1 is 1.15 bits per heavy atom. The molecule has 0 aliphatic carbocycles. The van der Waals surface area contributed by atoms with Gasteiger partial charge in [0, 0.05) is 39.5 Å². The van der Waals surface area contributed by atoms with Crippen molar-refractivity contribution < 1.29 is 24.1 Å². The first-order valence-corrected chi connectivity index (χ1v) is 9.53. The molecule has 0 spiro atoms. The third kappa shape index (κ3) is 7.56. The van der Waals surface area contributed by atoms with E-state index < -0.39 is 12.2 Å². The molecule has 1 aromatic rings. The third-order valence-electron chi connectivity index (χ3n) is 4.76. The number of aliphatic hydroxyl groups is 1. The molecule has 0 radical (unpaired) electrons. The van der Waals surface area contributed by atoms with Gasteiger partial charge in [0.05, 0.1) is 25.4 Å². The maximum Gasteiger partial charge on any atom is 0.256 e. The highest BCUT2D eigenvalue weighted by Gasteiger charge is 2.35. The van der Waals surface area contributed by atoms with Gasteiger partial charge in [0.1, 0.15) is 0 Å². The largest absolute Gasteiger partial charge is 0.390 e. The minimum absolute atomic E-state index is 0.0486. The highest BCUT2D eigenvalue weighted by atomic mass is 16.5. The number of ether oxygens (including phenoxy) is 3. The van der Waals surface area contributed by atoms with Crippen molar-refractivity contribution in [2.24, 2.45) is 0 Å². The molecule has 0 unspecified atom stereocenters. The van der Waals surface area contributed by atoms with E-state index >= 15 is 0 Å². The van der Waals surface area contributed by atoms with E-state index in [-0.39, 0.29) is 12.0 Å². The molecule has 1 aliphatic heterocycles. The summed E-state index contributed by atoms with van der Waals surface area (Å²) in [7, 11) is 3.38. The fourth-order valence-corrected chi connectivity index (χ4v) is 3.16. The topological polar surface area (TPSA) is 80.3 Å². The van der Waals surface area contributed by atoms with E-state index in [9.17, 15) is 9.90 Å². The van der Waals surface area contributed by atoms with E-state index in [4.69, 9.17) is 14.2 Å². The van der Waals surface area contributed by atoms with Crippen molar-refractivity contribution in [3.05, 3.63) is 30.3 Å². The summed E-state index contributed by atoms with van der Waals surface area (Å²) in [5, 5.41) is 13.0. The number of aliphatic hydroxyl groups excluding tert-OH is 1. The number of rotatable bonds is 11. The van der Waals surface area contributed by atoms with Gasteiger partial charge in [-0.05, 0) is 31.4 Å². The van der Waals surface area contributed by atoms with Gasteiger partial charge in [-0.15, -0.1) is 0 Å². The fraction of sp³-hybridized carbons (Fsp3) is 0.650. The third-order valence-corrected chi connectivity index (χ3v) is 4.76. The van der Waals surface area contributed by atoms with Crippen molar-refractivity contribution in [2.75, 3.05) is 52.4 Å². The molecule has 1 heterocycles. The van der Waals surface area contributed by atoms with Crippen LogP contribution in [0.5, 0.6) is 0 Å². The molecular formula is C20H32N2O5. The Labute approximate surface area is 161 Å². The van der Waals surface area contributed by atoms with Crippen LogP contribution in [-0.2, 0) is 19.0 Å². The average molecular weight is 380 g/mol. The van der Waals surface area contributed by atoms with Crippen LogP contribution in [-0.4, -0.2) is 81.3 Å². The van der Waals surface area contributed by atoms with Crippen LogP contribution in [0.2, 0.25) is 0 Å². The van der Waals surface area contributed by atoms with E-state index in [2.05, 4.69) is 10.2 Å². The van der Waals surface area contributed by atoms with Gasteiger partial charge in [-0.1, -0.05) is 18.2 Å². The predicted molar refractivity (Wildman–Crippen MR) is 104 cm³/mol. The molecule has 0 aromatic heterocycles. The summed E-state index contributed by atoms with van der Waals surface area (Å²) in [6, 6.07) is 9.22. The summed E-state index contributed by atoms with van der Waals surface area (Å²) in [6.45, 7) is 3.81. The summed E-state index contributed by atoms with van der Waals surface area (Å²) >= 11 is 0. The Kier molecular flexibility index (Phi) is 9.72. The first-order chi connectivity index (χ1) is 13.1. The van der Waals surface area contributed by atoms with Gasteiger partial charge in [-0.3, -0.25) is 9.69 Å². The lowest BCUT2D eigenvalue weighted by molar-refractivity contribution is -0.153. The lowest BCUT2D eigenvalue weighted by Gasteiger charge is -2.34. The summed E-state index contributed by atoms with van der Waals surface area (Å²) in [5.74, 6) is -0.297. The van der Waals surface area contributed by atoms with Gasteiger partial charge in [-0.25, -0.2) is 0 Å². The second kappa shape index (κ2) is 12.0. The number of benzene rings is 1. The number of amides is 1. The van der Waals surface area contributed by atoms with Gasteiger partial charge in [0.2, 0.25) is 0 Å². The number of nitrogens with zero attached hydrogens (tertiary/aromatic N) is 1. The highest BCUT2D eigenvalue weighted by molar-refractivity contribution is 5.94. The molecule has 1 aliphatic rings. The molecule has 1 saturated heterocycles. The molecule has 3 atom stereocenters. The number of hydrogen-bond donors (Lipinski definition) is 2. The monoisotopic (exact) mass is 380 g/mol. The highest BCUT2D eigenvalue weighted by Crippen LogP contribution is 2.23. The van der Waals surface area contributed by atoms with Crippen molar-refractivity contribution in [1.29, 1.82) is 0 Å². The zero-order valence-electron chi connectivity index (χ0n) is 16.3. The number of hydrogen-bond acceptors (Lipinski definition) is 6. The predicted octanol–water partition coefficient (Wildman–Crippen LogP) is 1.52. The molecule has 0 bridgehead atoms. The second-order valence-electron chi connectivity index (χ2n) is 6.79. The molecule has 7 heteroatoms. The lowest BCUT2D eigenvalue weighted by Crippen LogP contribution is -2.47. The minimum atomic E-state index is -0.838. The van der Waals surface area contributed by atoms with Crippen LogP contribution in [0.1, 0.15) is 19.3 Å². The van der Waals surface area contributed by atoms with Crippen LogP contribution in [0, 0.1) is 0 Å². The van der Waals surface area contributed by atoms with E-state index in [1.165, 1.54) is 0 Å². The molecule has 1 amide bonds. The average Bonchev–Trinajstić information content (AvgIpc) is 2.69. The smallest absolute Gasteiger partial charge is 0.256 e. The summed E-state index contributed by atoms with van der Waals surface area (Å²) in [5.41, 5.74) is 0.700. The first kappa shape index (κ1) is 21.8. The van der Waals surface area contributed by atoms with E-state index in [1.807, 2.05) is 30.3 Å². The van der Waals surface area contributed by atoms with Crippen LogP contribution in [0.25, 0.3) is 0 Å². The molecule has 0 saturated carbocycles. The van der Waals surface area contributed by atoms with Crippen LogP contribution in [0.3, 0.4) is 0 Å². The van der Waals surface area contributed by atoms with Crippen LogP contribution in [0.4, 0.5) is 5.69 Å². The van der Waals surface area contributed by atoms with E-state index in [0.717, 1.165) is 32.5 Å². The van der Waals surface area contributed by atoms with Gasteiger partial charge in [0.15, 0.2) is 6.10 Å². The maximum atomic E-state index is 12.5. The van der Waals surface area contributed by atoms with Crippen molar-refractivity contribution in [3.63, 3.8) is 0 Å². The zero-order valence-corrected chi connectivity index (χ0v) is 16.3. The Morgan fingerprint density at radius 2 is 1.81 bits per heavy atom. The number of methoxy groups -OCH3 is 2. The van der Waals surface area contributed by atoms with Crippen molar-refractivity contribution in [1.82, 2.24) is 4.90 Å². The van der Waals surface area contributed by atoms with Crippen molar-refractivity contribution in [2.45, 2.75) is 37.6 Å². The van der Waals surface area contributed by atoms with Crippen molar-refractivity contribution >= 4 is 11.6 Å². The Morgan fingerprint density at radius 3 is 2.44 bits per heavy atom. The zero-order chi connectivity index (χ0) is 19.5. The summed E-state index contributed by atoms with van der Waals surface area (Å²) in [6.07, 6.45) is 0.452. The Bertz CT molecular complexity index is 534. The molecule has 1 aromatic carbocycles. The molecule has 7 nitrogen and oxygen atoms in total. The van der Waals surface area contributed by atoms with Gasteiger partial charge in [-0.2, -0.15) is 0 Å². The lowest BCUT2D eigenvalue weighted by atomic mass is 9.98. The quantitative estimate of drug-likeness (QED) is 0.606. The molecule has 1 fully saturated rings. The Hall–Kier alpha value is -1.51. The molecule has 27 heavy (non-hydrogen) atoms. The van der Waals surface area contributed by atoms with Gasteiger partial charge < -0.3 is 24.6 Å². The number of carbonyl (C=O) groups is 1.